The minimum atomic E-state index is -0.858. The number of carboxylic acid groups (broad SMARTS) is 1. The smallest absolute Gasteiger partial charge is 0.303 e. The summed E-state index contributed by atoms with van der Waals surface area (Å²) >= 11 is 0. The van der Waals surface area contributed by atoms with E-state index in [2.05, 4.69) is 10.2 Å². The van der Waals surface area contributed by atoms with Crippen LogP contribution in [0.25, 0.3) is 0 Å². The standard InChI is InChI=1S/C26H40N2O4/c1-28(2)18-22-10-4-7-14-26(22,32)21-11-8-9-20(15-21)16-23(29)27-19-25(17-24(30)31)12-5-3-6-13-25/h8-9,11,15,22,32H,3-7,10,12-14,16-19H2,1-2H3,(H,27,29)(H,30,31). The molecular formula is C26H40N2O4. The molecule has 1 aromatic rings. The van der Waals surface area contributed by atoms with Gasteiger partial charge in [-0.05, 0) is 56.3 Å². The Labute approximate surface area is 192 Å². The molecule has 0 spiro atoms. The lowest BCUT2D eigenvalue weighted by Gasteiger charge is -2.42. The van der Waals surface area contributed by atoms with E-state index in [1.807, 2.05) is 38.4 Å². The number of carbonyl (C=O) groups excluding carboxylic acids is 1. The number of hydrogen-bond donors (Lipinski definition) is 3. The molecule has 32 heavy (non-hydrogen) atoms. The van der Waals surface area contributed by atoms with E-state index in [9.17, 15) is 19.8 Å². The van der Waals surface area contributed by atoms with Gasteiger partial charge in [-0.1, -0.05) is 56.4 Å². The molecule has 6 nitrogen and oxygen atoms in total. The summed E-state index contributed by atoms with van der Waals surface area (Å²) in [4.78, 5) is 26.2. The van der Waals surface area contributed by atoms with Crippen LogP contribution in [0, 0.1) is 11.3 Å². The van der Waals surface area contributed by atoms with E-state index in [0.717, 1.165) is 75.5 Å². The molecule has 0 heterocycles. The summed E-state index contributed by atoms with van der Waals surface area (Å²) in [6, 6.07) is 7.84. The lowest BCUT2D eigenvalue weighted by atomic mass is 9.71. The molecule has 2 saturated carbocycles. The number of carboxylic acids is 1. The molecule has 0 aliphatic heterocycles. The van der Waals surface area contributed by atoms with Crippen molar-refractivity contribution < 1.29 is 19.8 Å². The molecular weight excluding hydrogens is 404 g/mol. The Balaban J connectivity index is 1.66. The van der Waals surface area contributed by atoms with Crippen LogP contribution >= 0.6 is 0 Å². The summed E-state index contributed by atoms with van der Waals surface area (Å²) in [6.07, 6.45) is 9.16. The fraction of sp³-hybridized carbons (Fsp3) is 0.692. The number of carbonyl (C=O) groups is 2. The van der Waals surface area contributed by atoms with Crippen LogP contribution in [-0.4, -0.2) is 54.2 Å². The van der Waals surface area contributed by atoms with E-state index in [0.29, 0.717) is 6.54 Å². The molecule has 1 amide bonds. The van der Waals surface area contributed by atoms with E-state index in [1.54, 1.807) is 0 Å². The minimum absolute atomic E-state index is 0.0852. The largest absolute Gasteiger partial charge is 0.481 e. The predicted molar refractivity (Wildman–Crippen MR) is 125 cm³/mol. The van der Waals surface area contributed by atoms with Crippen molar-refractivity contribution >= 4 is 11.9 Å². The number of amides is 1. The van der Waals surface area contributed by atoms with Gasteiger partial charge in [0.05, 0.1) is 18.4 Å². The molecule has 2 unspecified atom stereocenters. The van der Waals surface area contributed by atoms with Crippen LogP contribution in [0.15, 0.2) is 24.3 Å². The first-order chi connectivity index (χ1) is 15.2. The Morgan fingerprint density at radius 1 is 1.09 bits per heavy atom. The Bertz CT molecular complexity index is 788. The summed E-state index contributed by atoms with van der Waals surface area (Å²) in [5.41, 5.74) is 0.614. The lowest BCUT2D eigenvalue weighted by molar-refractivity contribution is -0.140. The van der Waals surface area contributed by atoms with Crippen LogP contribution in [0.1, 0.15) is 75.3 Å². The summed E-state index contributed by atoms with van der Waals surface area (Å²) in [5.74, 6) is -0.697. The van der Waals surface area contributed by atoms with Gasteiger partial charge < -0.3 is 20.4 Å². The van der Waals surface area contributed by atoms with E-state index >= 15 is 0 Å². The lowest BCUT2D eigenvalue weighted by Crippen LogP contribution is -2.43. The van der Waals surface area contributed by atoms with E-state index in [-0.39, 0.29) is 30.1 Å². The zero-order valence-corrected chi connectivity index (χ0v) is 19.7. The zero-order valence-electron chi connectivity index (χ0n) is 19.7. The first-order valence-electron chi connectivity index (χ1n) is 12.2. The number of nitrogens with zero attached hydrogens (tertiary/aromatic N) is 1. The zero-order chi connectivity index (χ0) is 23.2. The molecule has 2 atom stereocenters. The molecule has 2 fully saturated rings. The molecule has 2 aliphatic rings. The number of rotatable bonds is 9. The molecule has 0 bridgehead atoms. The molecule has 1 aromatic carbocycles. The molecule has 0 radical (unpaired) electrons. The predicted octanol–water partition coefficient (Wildman–Crippen LogP) is 3.71. The summed E-state index contributed by atoms with van der Waals surface area (Å²) in [7, 11) is 4.08. The van der Waals surface area contributed by atoms with Crippen molar-refractivity contribution in [3.05, 3.63) is 35.4 Å². The van der Waals surface area contributed by atoms with Crippen LogP contribution in [0.4, 0.5) is 0 Å². The van der Waals surface area contributed by atoms with Gasteiger partial charge in [0, 0.05) is 19.0 Å². The van der Waals surface area contributed by atoms with Crippen LogP contribution in [-0.2, 0) is 21.6 Å². The van der Waals surface area contributed by atoms with Crippen LogP contribution < -0.4 is 5.32 Å². The molecule has 178 valence electrons. The molecule has 0 aromatic heterocycles. The van der Waals surface area contributed by atoms with Gasteiger partial charge in [0.15, 0.2) is 0 Å². The summed E-state index contributed by atoms with van der Waals surface area (Å²) in [5, 5.41) is 24.0. The van der Waals surface area contributed by atoms with E-state index < -0.39 is 11.6 Å². The number of nitrogens with one attached hydrogen (secondary N) is 1. The Morgan fingerprint density at radius 3 is 2.50 bits per heavy atom. The van der Waals surface area contributed by atoms with Crippen molar-refractivity contribution in [3.63, 3.8) is 0 Å². The van der Waals surface area contributed by atoms with Crippen molar-refractivity contribution in [3.8, 4) is 0 Å². The van der Waals surface area contributed by atoms with Crippen molar-refractivity contribution in [1.82, 2.24) is 10.2 Å². The maximum absolute atomic E-state index is 12.7. The highest BCUT2D eigenvalue weighted by molar-refractivity contribution is 5.78. The van der Waals surface area contributed by atoms with Crippen molar-refractivity contribution in [2.75, 3.05) is 27.2 Å². The monoisotopic (exact) mass is 444 g/mol. The third-order valence-corrected chi connectivity index (χ3v) is 7.51. The first-order valence-corrected chi connectivity index (χ1v) is 12.2. The van der Waals surface area contributed by atoms with Crippen LogP contribution in [0.5, 0.6) is 0 Å². The first kappa shape index (κ1) is 24.7. The second-order valence-electron chi connectivity index (χ2n) is 10.4. The van der Waals surface area contributed by atoms with Gasteiger partial charge in [0.2, 0.25) is 5.91 Å². The topological polar surface area (TPSA) is 89.9 Å². The summed E-state index contributed by atoms with van der Waals surface area (Å²) in [6.45, 7) is 1.26. The SMILES string of the molecule is CN(C)CC1CCCCC1(O)c1cccc(CC(=O)NCC2(CC(=O)O)CCCCC2)c1. The van der Waals surface area contributed by atoms with Gasteiger partial charge in [-0.2, -0.15) is 0 Å². The maximum atomic E-state index is 12.7. The fourth-order valence-corrected chi connectivity index (χ4v) is 5.81. The maximum Gasteiger partial charge on any atom is 0.303 e. The van der Waals surface area contributed by atoms with Crippen LogP contribution in [0.2, 0.25) is 0 Å². The van der Waals surface area contributed by atoms with Gasteiger partial charge in [-0.15, -0.1) is 0 Å². The molecule has 6 heteroatoms. The summed E-state index contributed by atoms with van der Waals surface area (Å²) < 4.78 is 0. The minimum Gasteiger partial charge on any atom is -0.481 e. The normalized spacial score (nSPS) is 25.4. The molecule has 0 saturated heterocycles. The van der Waals surface area contributed by atoms with Crippen LogP contribution in [0.3, 0.4) is 0 Å². The average molecular weight is 445 g/mol. The number of aliphatic hydroxyl groups is 1. The Kier molecular flexibility index (Phi) is 8.34. The Morgan fingerprint density at radius 2 is 1.81 bits per heavy atom. The second kappa shape index (κ2) is 10.8. The van der Waals surface area contributed by atoms with Crippen molar-refractivity contribution in [2.24, 2.45) is 11.3 Å². The number of hydrogen-bond acceptors (Lipinski definition) is 4. The highest BCUT2D eigenvalue weighted by atomic mass is 16.4. The third kappa shape index (κ3) is 6.32. The van der Waals surface area contributed by atoms with Crippen molar-refractivity contribution in [1.29, 1.82) is 0 Å². The Hall–Kier alpha value is -1.92. The molecule has 3 rings (SSSR count). The number of benzene rings is 1. The fourth-order valence-electron chi connectivity index (χ4n) is 5.81. The van der Waals surface area contributed by atoms with Gasteiger partial charge >= 0.3 is 5.97 Å². The molecule has 3 N–H and O–H groups in total. The second-order valence-corrected chi connectivity index (χ2v) is 10.4. The molecule has 2 aliphatic carbocycles. The van der Waals surface area contributed by atoms with Gasteiger partial charge in [-0.3, -0.25) is 9.59 Å². The third-order valence-electron chi connectivity index (χ3n) is 7.51. The average Bonchev–Trinajstić information content (AvgIpc) is 2.74. The van der Waals surface area contributed by atoms with Crippen molar-refractivity contribution in [2.45, 2.75) is 76.2 Å². The van der Waals surface area contributed by atoms with Gasteiger partial charge in [0.25, 0.3) is 0 Å². The highest BCUT2D eigenvalue weighted by Gasteiger charge is 2.40. The highest BCUT2D eigenvalue weighted by Crippen LogP contribution is 2.42. The van der Waals surface area contributed by atoms with E-state index in [1.165, 1.54) is 0 Å². The quantitative estimate of drug-likeness (QED) is 0.540. The van der Waals surface area contributed by atoms with Gasteiger partial charge in [-0.25, -0.2) is 0 Å². The number of aliphatic carboxylic acids is 1. The van der Waals surface area contributed by atoms with Gasteiger partial charge in [0.1, 0.15) is 0 Å². The van der Waals surface area contributed by atoms with E-state index in [4.69, 9.17) is 0 Å².